The molecule has 2 aromatic carbocycles. The van der Waals surface area contributed by atoms with E-state index in [1.165, 1.54) is 4.90 Å². The van der Waals surface area contributed by atoms with E-state index in [9.17, 15) is 9.59 Å². The number of nitrogens with one attached hydrogen (secondary N) is 1. The number of esters is 1. The van der Waals surface area contributed by atoms with Crippen molar-refractivity contribution >= 4 is 40.6 Å². The highest BCUT2D eigenvalue weighted by Crippen LogP contribution is 2.32. The van der Waals surface area contributed by atoms with Crippen LogP contribution in [0.25, 0.3) is 0 Å². The lowest BCUT2D eigenvalue weighted by molar-refractivity contribution is -0.120. The predicted octanol–water partition coefficient (Wildman–Crippen LogP) is 3.77. The van der Waals surface area contributed by atoms with Gasteiger partial charge in [0.15, 0.2) is 11.7 Å². The van der Waals surface area contributed by atoms with Crippen LogP contribution in [0.2, 0.25) is 0 Å². The van der Waals surface area contributed by atoms with E-state index in [0.717, 1.165) is 12.8 Å². The molecule has 0 saturated heterocycles. The average molecular weight is 384 g/mol. The smallest absolute Gasteiger partial charge is 0.338 e. The number of carbonyl (C=O) groups excluding carboxylic acids is 2. The topological polar surface area (TPSA) is 67.9 Å². The highest BCUT2D eigenvalue weighted by molar-refractivity contribution is 7.80. The van der Waals surface area contributed by atoms with Crippen molar-refractivity contribution in [1.82, 2.24) is 0 Å². The van der Waals surface area contributed by atoms with Gasteiger partial charge in [0.25, 0.3) is 5.91 Å². The molecule has 2 aromatic rings. The van der Waals surface area contributed by atoms with Gasteiger partial charge < -0.3 is 14.8 Å². The third kappa shape index (κ3) is 4.43. The number of ether oxygens (including phenoxy) is 2. The normalized spacial score (nSPS) is 12.8. The van der Waals surface area contributed by atoms with Crippen LogP contribution in [0.15, 0.2) is 48.5 Å². The monoisotopic (exact) mass is 384 g/mol. The van der Waals surface area contributed by atoms with Crippen LogP contribution in [-0.2, 0) is 9.53 Å². The number of nitrogens with zero attached hydrogens (tertiary/aromatic N) is 1. The van der Waals surface area contributed by atoms with Gasteiger partial charge in [-0.25, -0.2) is 4.79 Å². The summed E-state index contributed by atoms with van der Waals surface area (Å²) in [6.07, 6.45) is 1.81. The van der Waals surface area contributed by atoms with E-state index in [-0.39, 0.29) is 23.6 Å². The minimum Gasteiger partial charge on any atom is -0.482 e. The minimum absolute atomic E-state index is 0.0681. The van der Waals surface area contributed by atoms with Crippen LogP contribution in [0.1, 0.15) is 30.1 Å². The molecule has 0 aliphatic carbocycles. The maximum absolute atomic E-state index is 12.3. The molecule has 0 aromatic heterocycles. The number of unbranched alkanes of at least 4 members (excludes halogenated alkanes) is 1. The predicted molar refractivity (Wildman–Crippen MR) is 107 cm³/mol. The number of benzene rings is 2. The zero-order valence-corrected chi connectivity index (χ0v) is 15.8. The number of anilines is 2. The molecule has 1 aliphatic heterocycles. The van der Waals surface area contributed by atoms with Gasteiger partial charge in [0, 0.05) is 5.69 Å². The van der Waals surface area contributed by atoms with Gasteiger partial charge in [-0.2, -0.15) is 0 Å². The molecule has 0 bridgehead atoms. The second kappa shape index (κ2) is 8.64. The first kappa shape index (κ1) is 18.8. The van der Waals surface area contributed by atoms with Gasteiger partial charge in [-0.05, 0) is 55.0 Å². The van der Waals surface area contributed by atoms with Crippen molar-refractivity contribution < 1.29 is 19.1 Å². The lowest BCUT2D eigenvalue weighted by Gasteiger charge is -2.29. The molecule has 7 heteroatoms. The van der Waals surface area contributed by atoms with E-state index in [0.29, 0.717) is 29.3 Å². The quantitative estimate of drug-likeness (QED) is 0.481. The summed E-state index contributed by atoms with van der Waals surface area (Å²) in [6.45, 7) is 2.38. The molecule has 6 nitrogen and oxygen atoms in total. The SMILES string of the molecule is CCCCOC(=O)c1ccc(NC(=S)N2C(=O)COc3ccccc32)cc1. The van der Waals surface area contributed by atoms with E-state index >= 15 is 0 Å². The van der Waals surface area contributed by atoms with Gasteiger partial charge >= 0.3 is 5.97 Å². The number of hydrogen-bond acceptors (Lipinski definition) is 5. The third-order valence-corrected chi connectivity index (χ3v) is 4.30. The second-order valence-corrected chi connectivity index (χ2v) is 6.37. The van der Waals surface area contributed by atoms with Crippen LogP contribution in [-0.4, -0.2) is 30.2 Å². The molecular weight excluding hydrogens is 364 g/mol. The number of hydrogen-bond donors (Lipinski definition) is 1. The average Bonchev–Trinajstić information content (AvgIpc) is 2.68. The molecule has 1 heterocycles. The summed E-state index contributed by atoms with van der Waals surface area (Å²) in [5, 5.41) is 3.27. The number of carbonyl (C=O) groups is 2. The van der Waals surface area contributed by atoms with Crippen molar-refractivity contribution in [3.63, 3.8) is 0 Å². The Balaban J connectivity index is 1.68. The fraction of sp³-hybridized carbons (Fsp3) is 0.250. The van der Waals surface area contributed by atoms with Crippen molar-refractivity contribution in [2.24, 2.45) is 0 Å². The van der Waals surface area contributed by atoms with Crippen molar-refractivity contribution in [1.29, 1.82) is 0 Å². The minimum atomic E-state index is -0.352. The van der Waals surface area contributed by atoms with Crippen molar-refractivity contribution in [3.05, 3.63) is 54.1 Å². The molecule has 0 spiro atoms. The largest absolute Gasteiger partial charge is 0.482 e. The molecule has 3 rings (SSSR count). The number of rotatable bonds is 5. The summed E-state index contributed by atoms with van der Waals surface area (Å²) in [7, 11) is 0. The zero-order chi connectivity index (χ0) is 19.2. The van der Waals surface area contributed by atoms with Crippen LogP contribution < -0.4 is 15.0 Å². The number of amides is 1. The summed E-state index contributed by atoms with van der Waals surface area (Å²) in [5.41, 5.74) is 1.74. The van der Waals surface area contributed by atoms with Gasteiger partial charge in [0.1, 0.15) is 5.75 Å². The van der Waals surface area contributed by atoms with Crippen LogP contribution in [0.3, 0.4) is 0 Å². The second-order valence-electron chi connectivity index (χ2n) is 5.98. The van der Waals surface area contributed by atoms with Gasteiger partial charge in [-0.15, -0.1) is 0 Å². The third-order valence-electron chi connectivity index (χ3n) is 4.01. The van der Waals surface area contributed by atoms with E-state index in [1.54, 1.807) is 36.4 Å². The Hall–Kier alpha value is -2.93. The molecule has 0 saturated carbocycles. The van der Waals surface area contributed by atoms with Crippen molar-refractivity contribution in [2.45, 2.75) is 19.8 Å². The molecule has 1 aliphatic rings. The van der Waals surface area contributed by atoms with E-state index < -0.39 is 0 Å². The van der Waals surface area contributed by atoms with E-state index in [1.807, 2.05) is 19.1 Å². The summed E-state index contributed by atoms with van der Waals surface area (Å²) < 4.78 is 10.6. The Morgan fingerprint density at radius 2 is 1.96 bits per heavy atom. The van der Waals surface area contributed by atoms with Crippen LogP contribution in [0, 0.1) is 0 Å². The van der Waals surface area contributed by atoms with Gasteiger partial charge in [0.2, 0.25) is 0 Å². The van der Waals surface area contributed by atoms with Crippen LogP contribution in [0.5, 0.6) is 5.75 Å². The standard InChI is InChI=1S/C20H20N2O4S/c1-2-3-12-25-19(24)14-8-10-15(11-9-14)21-20(27)22-16-6-4-5-7-17(16)26-13-18(22)23/h4-11H,2-3,12-13H2,1H3,(H,21,27). The number of thiocarbonyl (C=S) groups is 1. The molecule has 27 heavy (non-hydrogen) atoms. The van der Waals surface area contributed by atoms with Gasteiger partial charge in [0.05, 0.1) is 17.9 Å². The molecule has 0 fully saturated rings. The Bertz CT molecular complexity index is 851. The highest BCUT2D eigenvalue weighted by atomic mass is 32.1. The van der Waals surface area contributed by atoms with E-state index in [2.05, 4.69) is 5.32 Å². The maximum atomic E-state index is 12.3. The van der Waals surface area contributed by atoms with Crippen molar-refractivity contribution in [3.8, 4) is 5.75 Å². The molecule has 1 N–H and O–H groups in total. The number of para-hydroxylation sites is 2. The lowest BCUT2D eigenvalue weighted by Crippen LogP contribution is -2.45. The fourth-order valence-electron chi connectivity index (χ4n) is 2.59. The first-order chi connectivity index (χ1) is 13.1. The van der Waals surface area contributed by atoms with Gasteiger partial charge in [-0.1, -0.05) is 25.5 Å². The van der Waals surface area contributed by atoms with Crippen LogP contribution >= 0.6 is 12.2 Å². The summed E-state index contributed by atoms with van der Waals surface area (Å²) in [6, 6.07) is 14.0. The Morgan fingerprint density at radius 1 is 1.22 bits per heavy atom. The molecule has 0 radical (unpaired) electrons. The molecular formula is C20H20N2O4S. The lowest BCUT2D eigenvalue weighted by atomic mass is 10.2. The molecule has 1 amide bonds. The summed E-state index contributed by atoms with van der Waals surface area (Å²) >= 11 is 5.41. The van der Waals surface area contributed by atoms with Crippen molar-refractivity contribution in [2.75, 3.05) is 23.4 Å². The molecule has 140 valence electrons. The Labute approximate surface area is 163 Å². The highest BCUT2D eigenvalue weighted by Gasteiger charge is 2.28. The first-order valence-electron chi connectivity index (χ1n) is 8.73. The fourth-order valence-corrected chi connectivity index (χ4v) is 2.90. The Morgan fingerprint density at radius 3 is 2.70 bits per heavy atom. The summed E-state index contributed by atoms with van der Waals surface area (Å²) in [4.78, 5) is 25.6. The molecule has 0 atom stereocenters. The zero-order valence-electron chi connectivity index (χ0n) is 14.9. The first-order valence-corrected chi connectivity index (χ1v) is 9.14. The molecule has 0 unspecified atom stereocenters. The number of fused-ring (bicyclic) bond motifs is 1. The summed E-state index contributed by atoms with van der Waals surface area (Å²) in [5.74, 6) is 0.00334. The Kier molecular flexibility index (Phi) is 6.03. The maximum Gasteiger partial charge on any atom is 0.338 e. The van der Waals surface area contributed by atoms with Gasteiger partial charge in [-0.3, -0.25) is 9.69 Å². The van der Waals surface area contributed by atoms with Crippen LogP contribution in [0.4, 0.5) is 11.4 Å². The van der Waals surface area contributed by atoms with E-state index in [4.69, 9.17) is 21.7 Å².